The largest absolute Gasteiger partial charge is 0.379 e. The third-order valence-electron chi connectivity index (χ3n) is 4.19. The van der Waals surface area contributed by atoms with Gasteiger partial charge in [-0.25, -0.2) is 0 Å². The summed E-state index contributed by atoms with van der Waals surface area (Å²) >= 11 is 0. The molecule has 88 valence electrons. The van der Waals surface area contributed by atoms with Crippen LogP contribution in [0.3, 0.4) is 0 Å². The Hall–Kier alpha value is -0.120. The standard InChI is InChI=1S/C12H24N2O/c1-10-3-4-11(2)14(7-10)12(8-13)5-6-15-9-12/h10-11H,3-9,13H2,1-2H3. The molecule has 3 heteroatoms. The molecule has 3 nitrogen and oxygen atoms in total. The lowest BCUT2D eigenvalue weighted by molar-refractivity contribution is 0.00352. The van der Waals surface area contributed by atoms with Crippen LogP contribution in [0.15, 0.2) is 0 Å². The van der Waals surface area contributed by atoms with Crippen molar-refractivity contribution >= 4 is 0 Å². The third kappa shape index (κ3) is 2.05. The van der Waals surface area contributed by atoms with Crippen molar-refractivity contribution in [1.82, 2.24) is 4.90 Å². The molecule has 0 aromatic carbocycles. The van der Waals surface area contributed by atoms with E-state index in [2.05, 4.69) is 18.7 Å². The smallest absolute Gasteiger partial charge is 0.0663 e. The van der Waals surface area contributed by atoms with E-state index in [-0.39, 0.29) is 5.54 Å². The first-order valence-electron chi connectivity index (χ1n) is 6.22. The van der Waals surface area contributed by atoms with Crippen molar-refractivity contribution in [2.45, 2.75) is 44.7 Å². The highest BCUT2D eigenvalue weighted by molar-refractivity contribution is 4.98. The average molecular weight is 212 g/mol. The molecule has 2 rings (SSSR count). The van der Waals surface area contributed by atoms with E-state index in [1.54, 1.807) is 0 Å². The minimum atomic E-state index is 0.147. The van der Waals surface area contributed by atoms with Gasteiger partial charge in [0.15, 0.2) is 0 Å². The summed E-state index contributed by atoms with van der Waals surface area (Å²) < 4.78 is 5.57. The summed E-state index contributed by atoms with van der Waals surface area (Å²) in [7, 11) is 0. The summed E-state index contributed by atoms with van der Waals surface area (Å²) in [5, 5.41) is 0. The van der Waals surface area contributed by atoms with Crippen LogP contribution in [0.4, 0.5) is 0 Å². The molecular weight excluding hydrogens is 188 g/mol. The van der Waals surface area contributed by atoms with E-state index in [1.807, 2.05) is 0 Å². The minimum absolute atomic E-state index is 0.147. The lowest BCUT2D eigenvalue weighted by Gasteiger charge is -2.47. The van der Waals surface area contributed by atoms with Crippen molar-refractivity contribution in [2.24, 2.45) is 11.7 Å². The highest BCUT2D eigenvalue weighted by atomic mass is 16.5. The van der Waals surface area contributed by atoms with Gasteiger partial charge in [-0.3, -0.25) is 4.90 Å². The quantitative estimate of drug-likeness (QED) is 0.748. The Morgan fingerprint density at radius 2 is 2.20 bits per heavy atom. The second kappa shape index (κ2) is 4.40. The third-order valence-corrected chi connectivity index (χ3v) is 4.19. The monoisotopic (exact) mass is 212 g/mol. The van der Waals surface area contributed by atoms with Gasteiger partial charge < -0.3 is 10.5 Å². The molecular formula is C12H24N2O. The van der Waals surface area contributed by atoms with E-state index < -0.39 is 0 Å². The lowest BCUT2D eigenvalue weighted by atomic mass is 9.87. The Morgan fingerprint density at radius 1 is 1.40 bits per heavy atom. The molecule has 0 bridgehead atoms. The molecule has 2 aliphatic rings. The first kappa shape index (κ1) is 11.4. The van der Waals surface area contributed by atoms with Crippen LogP contribution in [0.25, 0.3) is 0 Å². The van der Waals surface area contributed by atoms with Crippen LogP contribution in [0.2, 0.25) is 0 Å². The van der Waals surface area contributed by atoms with Gasteiger partial charge in [0.1, 0.15) is 0 Å². The molecule has 3 atom stereocenters. The van der Waals surface area contributed by atoms with Crippen molar-refractivity contribution in [3.8, 4) is 0 Å². The summed E-state index contributed by atoms with van der Waals surface area (Å²) in [5.41, 5.74) is 6.13. The molecule has 0 amide bonds. The molecule has 0 saturated carbocycles. The summed E-state index contributed by atoms with van der Waals surface area (Å²) in [6.07, 6.45) is 3.78. The van der Waals surface area contributed by atoms with Crippen molar-refractivity contribution in [1.29, 1.82) is 0 Å². The molecule has 2 heterocycles. The Balaban J connectivity index is 2.11. The van der Waals surface area contributed by atoms with Gasteiger partial charge in [0, 0.05) is 25.7 Å². The van der Waals surface area contributed by atoms with Crippen LogP contribution in [0, 0.1) is 5.92 Å². The van der Waals surface area contributed by atoms with E-state index in [0.717, 1.165) is 32.1 Å². The highest BCUT2D eigenvalue weighted by Gasteiger charge is 2.43. The molecule has 3 unspecified atom stereocenters. The van der Waals surface area contributed by atoms with Gasteiger partial charge in [-0.15, -0.1) is 0 Å². The zero-order valence-corrected chi connectivity index (χ0v) is 10.0. The van der Waals surface area contributed by atoms with Crippen molar-refractivity contribution in [3.05, 3.63) is 0 Å². The second-order valence-electron chi connectivity index (χ2n) is 5.41. The number of ether oxygens (including phenoxy) is 1. The minimum Gasteiger partial charge on any atom is -0.379 e. The SMILES string of the molecule is CC1CCC(C)N(C2(CN)CCOC2)C1. The maximum Gasteiger partial charge on any atom is 0.0663 e. The van der Waals surface area contributed by atoms with Gasteiger partial charge >= 0.3 is 0 Å². The normalized spacial score (nSPS) is 43.4. The number of hydrogen-bond acceptors (Lipinski definition) is 3. The van der Waals surface area contributed by atoms with E-state index in [0.29, 0.717) is 6.04 Å². The first-order valence-corrected chi connectivity index (χ1v) is 6.22. The molecule has 2 saturated heterocycles. The van der Waals surface area contributed by atoms with Gasteiger partial charge in [-0.1, -0.05) is 6.92 Å². The number of nitrogens with zero attached hydrogens (tertiary/aromatic N) is 1. The van der Waals surface area contributed by atoms with E-state index in [4.69, 9.17) is 10.5 Å². The summed E-state index contributed by atoms with van der Waals surface area (Å²) in [6, 6.07) is 0.673. The molecule has 0 aromatic heterocycles. The molecule has 2 N–H and O–H groups in total. The van der Waals surface area contributed by atoms with Crippen LogP contribution in [-0.4, -0.2) is 42.8 Å². The topological polar surface area (TPSA) is 38.5 Å². The Labute approximate surface area is 93.0 Å². The van der Waals surface area contributed by atoms with Crippen molar-refractivity contribution < 1.29 is 4.74 Å². The van der Waals surface area contributed by atoms with Crippen LogP contribution in [0.5, 0.6) is 0 Å². The molecule has 0 spiro atoms. The van der Waals surface area contributed by atoms with Gasteiger partial charge in [-0.05, 0) is 32.1 Å². The fourth-order valence-electron chi connectivity index (χ4n) is 3.05. The van der Waals surface area contributed by atoms with Crippen LogP contribution in [-0.2, 0) is 4.74 Å². The number of rotatable bonds is 2. The molecule has 2 fully saturated rings. The van der Waals surface area contributed by atoms with Gasteiger partial charge in [0.25, 0.3) is 0 Å². The Morgan fingerprint density at radius 3 is 2.80 bits per heavy atom. The molecule has 0 aliphatic carbocycles. The molecule has 2 aliphatic heterocycles. The van der Waals surface area contributed by atoms with Gasteiger partial charge in [0.2, 0.25) is 0 Å². The predicted molar refractivity (Wildman–Crippen MR) is 61.8 cm³/mol. The number of nitrogens with two attached hydrogens (primary N) is 1. The van der Waals surface area contributed by atoms with E-state index in [9.17, 15) is 0 Å². The maximum atomic E-state index is 5.99. The first-order chi connectivity index (χ1) is 7.18. The zero-order valence-electron chi connectivity index (χ0n) is 10.0. The fourth-order valence-corrected chi connectivity index (χ4v) is 3.05. The average Bonchev–Trinajstić information content (AvgIpc) is 2.71. The van der Waals surface area contributed by atoms with Crippen LogP contribution < -0.4 is 5.73 Å². The summed E-state index contributed by atoms with van der Waals surface area (Å²) in [6.45, 7) is 8.33. The van der Waals surface area contributed by atoms with Gasteiger partial charge in [-0.2, -0.15) is 0 Å². The van der Waals surface area contributed by atoms with Crippen LogP contribution >= 0.6 is 0 Å². The van der Waals surface area contributed by atoms with E-state index in [1.165, 1.54) is 19.4 Å². The van der Waals surface area contributed by atoms with E-state index >= 15 is 0 Å². The molecule has 0 aromatic rings. The molecule has 0 radical (unpaired) electrons. The Bertz CT molecular complexity index is 214. The molecule has 15 heavy (non-hydrogen) atoms. The van der Waals surface area contributed by atoms with Crippen molar-refractivity contribution in [3.63, 3.8) is 0 Å². The maximum absolute atomic E-state index is 5.99. The summed E-state index contributed by atoms with van der Waals surface area (Å²) in [5.74, 6) is 0.810. The second-order valence-corrected chi connectivity index (χ2v) is 5.41. The highest BCUT2D eigenvalue weighted by Crippen LogP contribution is 2.33. The predicted octanol–water partition coefficient (Wildman–Crippen LogP) is 1.22. The zero-order chi connectivity index (χ0) is 10.9. The van der Waals surface area contributed by atoms with Gasteiger partial charge in [0.05, 0.1) is 12.1 Å². The Kier molecular flexibility index (Phi) is 3.33. The van der Waals surface area contributed by atoms with Crippen LogP contribution in [0.1, 0.15) is 33.1 Å². The fraction of sp³-hybridized carbons (Fsp3) is 1.00. The number of likely N-dealkylation sites (tertiary alicyclic amines) is 1. The number of hydrogen-bond donors (Lipinski definition) is 1. The number of piperidine rings is 1. The van der Waals surface area contributed by atoms with Crippen molar-refractivity contribution in [2.75, 3.05) is 26.3 Å². The summed E-state index contributed by atoms with van der Waals surface area (Å²) in [4.78, 5) is 2.62. The lowest BCUT2D eigenvalue weighted by Crippen LogP contribution is -2.60.